The normalized spacial score (nSPS) is 27.5. The molecule has 0 aromatic carbocycles. The lowest BCUT2D eigenvalue weighted by Crippen LogP contribution is -3.09. The molecule has 0 aliphatic carbocycles. The van der Waals surface area contributed by atoms with E-state index >= 15 is 0 Å². The molecule has 0 spiro atoms. The molecular formula is C8H13BrN2O2. The molecule has 0 aromatic rings. The van der Waals surface area contributed by atoms with Gasteiger partial charge in [0.05, 0.1) is 0 Å². The second-order valence-electron chi connectivity index (χ2n) is 3.14. The number of hydrogen-bond donors (Lipinski definition) is 2. The molecule has 0 fully saturated rings. The van der Waals surface area contributed by atoms with Gasteiger partial charge in [-0.1, -0.05) is 5.06 Å². The lowest BCUT2D eigenvalue weighted by molar-refractivity contribution is -0.994. The molecule has 74 valence electrons. The Labute approximate surface area is 87.6 Å². The van der Waals surface area contributed by atoms with E-state index in [1.807, 2.05) is 0 Å². The van der Waals surface area contributed by atoms with E-state index in [9.17, 15) is 4.79 Å². The molecule has 2 heterocycles. The third-order valence-corrected chi connectivity index (χ3v) is 2.29. The molecule has 2 aliphatic heterocycles. The first-order valence-electron chi connectivity index (χ1n) is 4.28. The van der Waals surface area contributed by atoms with Crippen molar-refractivity contribution in [2.45, 2.75) is 12.8 Å². The molecule has 0 saturated carbocycles. The lowest BCUT2D eigenvalue weighted by atomic mass is 10.1. The fourth-order valence-electron chi connectivity index (χ4n) is 1.63. The smallest absolute Gasteiger partial charge is 0.384 e. The van der Waals surface area contributed by atoms with Crippen LogP contribution in [0.5, 0.6) is 0 Å². The van der Waals surface area contributed by atoms with Gasteiger partial charge in [-0.05, 0) is 13.0 Å². The summed E-state index contributed by atoms with van der Waals surface area (Å²) in [7, 11) is 1.74. The minimum absolute atomic E-state index is 0. The van der Waals surface area contributed by atoms with E-state index in [4.69, 9.17) is 4.84 Å². The Bertz CT molecular complexity index is 253. The first kappa shape index (κ1) is 10.7. The van der Waals surface area contributed by atoms with Gasteiger partial charge in [-0.15, -0.1) is 0 Å². The van der Waals surface area contributed by atoms with Gasteiger partial charge in [0.1, 0.15) is 12.6 Å². The van der Waals surface area contributed by atoms with E-state index in [0.717, 1.165) is 37.3 Å². The van der Waals surface area contributed by atoms with E-state index < -0.39 is 0 Å². The number of nitrogens with one attached hydrogen (secondary N) is 2. The molecule has 0 bridgehead atoms. The Morgan fingerprint density at radius 3 is 2.85 bits per heavy atom. The van der Waals surface area contributed by atoms with E-state index in [1.165, 1.54) is 0 Å². The fourth-order valence-corrected chi connectivity index (χ4v) is 1.63. The maximum absolute atomic E-state index is 11.4. The second-order valence-corrected chi connectivity index (χ2v) is 3.14. The van der Waals surface area contributed by atoms with Crippen molar-refractivity contribution in [2.75, 3.05) is 20.1 Å². The zero-order valence-corrected chi connectivity index (χ0v) is 9.11. The number of hydrogen-bond acceptors (Lipinski definition) is 3. The van der Waals surface area contributed by atoms with Crippen LogP contribution in [0, 0.1) is 0 Å². The Morgan fingerprint density at radius 2 is 2.08 bits per heavy atom. The van der Waals surface area contributed by atoms with Crippen molar-refractivity contribution in [2.24, 2.45) is 0 Å². The third kappa shape index (κ3) is 1.92. The molecular weight excluding hydrogens is 236 g/mol. The van der Waals surface area contributed by atoms with Crippen molar-refractivity contribution in [1.82, 2.24) is 5.32 Å². The maximum Gasteiger partial charge on any atom is 0.384 e. The van der Waals surface area contributed by atoms with Crippen LogP contribution in [0.15, 0.2) is 11.3 Å². The van der Waals surface area contributed by atoms with Gasteiger partial charge in [0.15, 0.2) is 5.76 Å². The number of carbonyl (C=O) groups is 1. The Morgan fingerprint density at radius 1 is 1.38 bits per heavy atom. The molecule has 2 aliphatic rings. The Hall–Kier alpha value is -0.390. The van der Waals surface area contributed by atoms with Gasteiger partial charge >= 0.3 is 5.91 Å². The van der Waals surface area contributed by atoms with Crippen LogP contribution in [0.1, 0.15) is 12.8 Å². The van der Waals surface area contributed by atoms with Gasteiger partial charge in [-0.3, -0.25) is 0 Å². The van der Waals surface area contributed by atoms with Crippen LogP contribution in [0.2, 0.25) is 0 Å². The summed E-state index contributed by atoms with van der Waals surface area (Å²) in [5, 5.41) is 3.77. The minimum Gasteiger partial charge on any atom is -1.00 e. The van der Waals surface area contributed by atoms with E-state index in [-0.39, 0.29) is 22.9 Å². The highest BCUT2D eigenvalue weighted by atomic mass is 79.9. The molecule has 5 heteroatoms. The summed E-state index contributed by atoms with van der Waals surface area (Å²) in [6.07, 6.45) is 1.66. The Kier molecular flexibility index (Phi) is 3.47. The first-order chi connectivity index (χ1) is 5.79. The number of halogens is 1. The van der Waals surface area contributed by atoms with Gasteiger partial charge in [-0.25, -0.2) is 4.79 Å². The average molecular weight is 249 g/mol. The summed E-state index contributed by atoms with van der Waals surface area (Å²) in [6, 6.07) is 0. The molecule has 4 nitrogen and oxygen atoms in total. The van der Waals surface area contributed by atoms with E-state index in [2.05, 4.69) is 5.32 Å². The molecule has 0 saturated heterocycles. The number of amides is 1. The topological polar surface area (TPSA) is 42.8 Å². The molecule has 1 amide bonds. The van der Waals surface area contributed by atoms with Crippen LogP contribution in [0.25, 0.3) is 0 Å². The SMILES string of the molecule is C[NH+]1OC2=C(CCNCC2)C1=O.[Br-]. The molecule has 1 atom stereocenters. The first-order valence-corrected chi connectivity index (χ1v) is 4.28. The fraction of sp³-hybridized carbons (Fsp3) is 0.625. The van der Waals surface area contributed by atoms with Crippen molar-refractivity contribution in [1.29, 1.82) is 0 Å². The monoisotopic (exact) mass is 248 g/mol. The lowest BCUT2D eigenvalue weighted by Gasteiger charge is -2.04. The number of rotatable bonds is 0. The van der Waals surface area contributed by atoms with Crippen molar-refractivity contribution < 1.29 is 31.7 Å². The second kappa shape index (κ2) is 4.21. The number of likely N-dealkylation sites (N-methyl/N-ethyl adjacent to an activating group) is 1. The molecule has 13 heavy (non-hydrogen) atoms. The summed E-state index contributed by atoms with van der Waals surface area (Å²) in [5.41, 5.74) is 0.887. The average Bonchev–Trinajstić information content (AvgIpc) is 2.30. The van der Waals surface area contributed by atoms with Gasteiger partial charge in [0.25, 0.3) is 0 Å². The number of quaternary nitrogens is 1. The molecule has 1 unspecified atom stereocenters. The highest BCUT2D eigenvalue weighted by Crippen LogP contribution is 2.17. The highest BCUT2D eigenvalue weighted by Gasteiger charge is 2.35. The van der Waals surface area contributed by atoms with Gasteiger partial charge < -0.3 is 27.1 Å². The number of carbonyl (C=O) groups excluding carboxylic acids is 1. The highest BCUT2D eigenvalue weighted by molar-refractivity contribution is 5.87. The van der Waals surface area contributed by atoms with Crippen LogP contribution in [0.3, 0.4) is 0 Å². The third-order valence-electron chi connectivity index (χ3n) is 2.29. The van der Waals surface area contributed by atoms with Crippen LogP contribution < -0.4 is 27.4 Å². The van der Waals surface area contributed by atoms with Gasteiger partial charge in [0.2, 0.25) is 0 Å². The largest absolute Gasteiger partial charge is 1.00 e. The summed E-state index contributed by atoms with van der Waals surface area (Å²) in [6.45, 7) is 1.81. The zero-order chi connectivity index (χ0) is 8.55. The van der Waals surface area contributed by atoms with Crippen molar-refractivity contribution in [3.8, 4) is 0 Å². The Balaban J connectivity index is 0.000000845. The summed E-state index contributed by atoms with van der Waals surface area (Å²) in [5.74, 6) is 0.996. The summed E-state index contributed by atoms with van der Waals surface area (Å²) < 4.78 is 0. The summed E-state index contributed by atoms with van der Waals surface area (Å²) in [4.78, 5) is 16.8. The predicted octanol–water partition coefficient (Wildman–Crippen LogP) is -4.39. The van der Waals surface area contributed by atoms with Gasteiger partial charge in [-0.2, -0.15) is 0 Å². The molecule has 0 radical (unpaired) electrons. The minimum atomic E-state index is 0. The molecule has 2 N–H and O–H groups in total. The molecule has 0 aromatic heterocycles. The predicted molar refractivity (Wildman–Crippen MR) is 42.1 cm³/mol. The van der Waals surface area contributed by atoms with Crippen LogP contribution in [-0.4, -0.2) is 26.0 Å². The van der Waals surface area contributed by atoms with Crippen LogP contribution >= 0.6 is 0 Å². The van der Waals surface area contributed by atoms with E-state index in [0.29, 0.717) is 5.06 Å². The standard InChI is InChI=1S/C8H12N2O2.BrH/c1-10-8(11)6-2-4-9-5-3-7(6)12-10;/h9H,2-5H2,1H3;1H. The van der Waals surface area contributed by atoms with Crippen LogP contribution in [0.4, 0.5) is 0 Å². The van der Waals surface area contributed by atoms with Crippen molar-refractivity contribution in [3.63, 3.8) is 0 Å². The van der Waals surface area contributed by atoms with E-state index in [1.54, 1.807) is 7.05 Å². The summed E-state index contributed by atoms with van der Waals surface area (Å²) >= 11 is 0. The zero-order valence-electron chi connectivity index (χ0n) is 7.52. The maximum atomic E-state index is 11.4. The van der Waals surface area contributed by atoms with Gasteiger partial charge in [0, 0.05) is 13.0 Å². The molecule has 2 rings (SSSR count). The quantitative estimate of drug-likeness (QED) is 0.456. The van der Waals surface area contributed by atoms with Crippen molar-refractivity contribution in [3.05, 3.63) is 11.3 Å². The van der Waals surface area contributed by atoms with Crippen molar-refractivity contribution >= 4 is 5.91 Å². The van der Waals surface area contributed by atoms with Crippen LogP contribution in [-0.2, 0) is 9.63 Å². The number of hydroxylamine groups is 2.